The number of rotatable bonds is 4. The summed E-state index contributed by atoms with van der Waals surface area (Å²) in [4.78, 5) is 44.6. The predicted octanol–water partition coefficient (Wildman–Crippen LogP) is 3.10. The second-order valence-corrected chi connectivity index (χ2v) is 7.28. The summed E-state index contributed by atoms with van der Waals surface area (Å²) in [6.07, 6.45) is 4.09. The second-order valence-electron chi connectivity index (χ2n) is 6.88. The molecule has 1 saturated carbocycles. The smallest absolute Gasteiger partial charge is 0.332 e. The molecule has 0 radical (unpaired) electrons. The number of nitrogens with zero attached hydrogens (tertiary/aromatic N) is 3. The molecule has 28 heavy (non-hydrogen) atoms. The monoisotopic (exact) mass is 398 g/mol. The Hall–Kier alpha value is -2.93. The van der Waals surface area contributed by atoms with Crippen molar-refractivity contribution in [2.24, 2.45) is 0 Å². The van der Waals surface area contributed by atoms with Gasteiger partial charge in [0.05, 0.1) is 16.1 Å². The van der Waals surface area contributed by atoms with Gasteiger partial charge in [0.15, 0.2) is 0 Å². The summed E-state index contributed by atoms with van der Waals surface area (Å²) in [5, 5.41) is 3.21. The molecule has 7 nitrogen and oxygen atoms in total. The van der Waals surface area contributed by atoms with E-state index in [1.165, 1.54) is 16.0 Å². The number of aromatic nitrogens is 1. The average molecular weight is 399 g/mol. The number of amides is 4. The molecule has 1 aromatic carbocycles. The normalized spacial score (nSPS) is 16.8. The van der Waals surface area contributed by atoms with Crippen molar-refractivity contribution >= 4 is 35.3 Å². The van der Waals surface area contributed by atoms with Gasteiger partial charge in [-0.1, -0.05) is 23.7 Å². The molecule has 0 spiro atoms. The van der Waals surface area contributed by atoms with Crippen molar-refractivity contribution in [2.45, 2.75) is 25.3 Å². The Kier molecular flexibility index (Phi) is 5.00. The van der Waals surface area contributed by atoms with Crippen molar-refractivity contribution < 1.29 is 14.4 Å². The summed E-state index contributed by atoms with van der Waals surface area (Å²) >= 11 is 6.10. The highest BCUT2D eigenvalue weighted by Gasteiger charge is 2.33. The third-order valence-electron chi connectivity index (χ3n) is 4.77. The fourth-order valence-electron chi connectivity index (χ4n) is 3.08. The van der Waals surface area contributed by atoms with E-state index in [0.717, 1.165) is 12.8 Å². The van der Waals surface area contributed by atoms with Crippen LogP contribution in [0, 0.1) is 0 Å². The van der Waals surface area contributed by atoms with Crippen molar-refractivity contribution in [3.05, 3.63) is 58.7 Å². The van der Waals surface area contributed by atoms with E-state index >= 15 is 0 Å². The Morgan fingerprint density at radius 2 is 1.89 bits per heavy atom. The summed E-state index contributed by atoms with van der Waals surface area (Å²) in [6.45, 7) is 0.771. The summed E-state index contributed by atoms with van der Waals surface area (Å²) < 4.78 is 0. The zero-order valence-corrected chi connectivity index (χ0v) is 15.9. The fourth-order valence-corrected chi connectivity index (χ4v) is 3.30. The van der Waals surface area contributed by atoms with Crippen LogP contribution in [0.5, 0.6) is 0 Å². The van der Waals surface area contributed by atoms with Crippen LogP contribution < -0.4 is 10.2 Å². The van der Waals surface area contributed by atoms with Crippen molar-refractivity contribution in [1.29, 1.82) is 0 Å². The number of benzene rings is 1. The number of anilines is 1. The third kappa shape index (κ3) is 3.71. The predicted molar refractivity (Wildman–Crippen MR) is 105 cm³/mol. The molecule has 1 aliphatic heterocycles. The first-order valence-corrected chi connectivity index (χ1v) is 9.57. The lowest BCUT2D eigenvalue weighted by molar-refractivity contribution is 0.0793. The molecule has 144 valence electrons. The van der Waals surface area contributed by atoms with Crippen LogP contribution in [0.2, 0.25) is 5.02 Å². The maximum absolute atomic E-state index is 12.9. The zero-order valence-electron chi connectivity index (χ0n) is 15.1. The first-order chi connectivity index (χ1) is 13.5. The lowest BCUT2D eigenvalue weighted by Gasteiger charge is -2.33. The third-order valence-corrected chi connectivity index (χ3v) is 5.10. The van der Waals surface area contributed by atoms with Crippen LogP contribution in [0.15, 0.2) is 42.6 Å². The first kappa shape index (κ1) is 18.4. The van der Waals surface area contributed by atoms with Gasteiger partial charge in [-0.05, 0) is 43.5 Å². The maximum atomic E-state index is 12.9. The van der Waals surface area contributed by atoms with Crippen LogP contribution in [-0.4, -0.2) is 46.9 Å². The summed E-state index contributed by atoms with van der Waals surface area (Å²) in [5.41, 5.74) is 0.739. The van der Waals surface area contributed by atoms with E-state index in [1.54, 1.807) is 36.4 Å². The lowest BCUT2D eigenvalue weighted by Crippen LogP contribution is -2.52. The minimum Gasteiger partial charge on any atom is -0.349 e. The largest absolute Gasteiger partial charge is 0.349 e. The molecule has 1 saturated heterocycles. The van der Waals surface area contributed by atoms with E-state index in [9.17, 15) is 14.4 Å². The number of pyridine rings is 1. The van der Waals surface area contributed by atoms with Gasteiger partial charge in [-0.2, -0.15) is 0 Å². The Morgan fingerprint density at radius 1 is 1.11 bits per heavy atom. The number of hydrogen-bond donors (Lipinski definition) is 1. The van der Waals surface area contributed by atoms with Crippen LogP contribution in [0.3, 0.4) is 0 Å². The van der Waals surface area contributed by atoms with Crippen LogP contribution in [0.1, 0.15) is 40.0 Å². The minimum atomic E-state index is -0.446. The first-order valence-electron chi connectivity index (χ1n) is 9.19. The van der Waals surface area contributed by atoms with Crippen LogP contribution in [0.25, 0.3) is 0 Å². The number of halogens is 1. The maximum Gasteiger partial charge on any atom is 0.332 e. The van der Waals surface area contributed by atoms with Gasteiger partial charge in [-0.3, -0.25) is 19.4 Å². The number of urea groups is 1. The van der Waals surface area contributed by atoms with E-state index < -0.39 is 11.9 Å². The number of carbonyl (C=O) groups is 3. The molecule has 1 aliphatic carbocycles. The highest BCUT2D eigenvalue weighted by Crippen LogP contribution is 2.23. The van der Waals surface area contributed by atoms with E-state index in [0.29, 0.717) is 41.5 Å². The number of hydrogen-bond acceptors (Lipinski definition) is 4. The van der Waals surface area contributed by atoms with Gasteiger partial charge in [0, 0.05) is 25.3 Å². The van der Waals surface area contributed by atoms with Gasteiger partial charge in [0.25, 0.3) is 11.8 Å². The molecular formula is C20H19ClN4O3. The SMILES string of the molecule is O=C(NC1CC1)c1ccc(N2CCCN(C(=O)c3ccccc3Cl)C2=O)nc1. The number of carbonyl (C=O) groups excluding carboxylic acids is 3. The number of nitrogens with one attached hydrogen (secondary N) is 1. The molecule has 8 heteroatoms. The van der Waals surface area contributed by atoms with Crippen molar-refractivity contribution in [2.75, 3.05) is 18.0 Å². The van der Waals surface area contributed by atoms with E-state index in [-0.39, 0.29) is 11.9 Å². The molecular weight excluding hydrogens is 380 g/mol. The lowest BCUT2D eigenvalue weighted by atomic mass is 10.1. The van der Waals surface area contributed by atoms with Gasteiger partial charge in [-0.25, -0.2) is 9.78 Å². The Bertz CT molecular complexity index is 927. The number of imide groups is 1. The Labute approximate surface area is 167 Å². The van der Waals surface area contributed by atoms with Gasteiger partial charge in [-0.15, -0.1) is 0 Å². The molecule has 4 rings (SSSR count). The van der Waals surface area contributed by atoms with Gasteiger partial charge < -0.3 is 5.32 Å². The molecule has 1 aromatic heterocycles. The van der Waals surface area contributed by atoms with Crippen LogP contribution in [-0.2, 0) is 0 Å². The van der Waals surface area contributed by atoms with E-state index in [1.807, 2.05) is 0 Å². The van der Waals surface area contributed by atoms with Gasteiger partial charge >= 0.3 is 6.03 Å². The van der Waals surface area contributed by atoms with Crippen molar-refractivity contribution in [1.82, 2.24) is 15.2 Å². The quantitative estimate of drug-likeness (QED) is 0.857. The topological polar surface area (TPSA) is 82.6 Å². The molecule has 4 amide bonds. The molecule has 1 N–H and O–H groups in total. The second kappa shape index (κ2) is 7.59. The molecule has 2 aliphatic rings. The molecule has 2 heterocycles. The molecule has 2 aromatic rings. The van der Waals surface area contributed by atoms with Crippen LogP contribution >= 0.6 is 11.6 Å². The minimum absolute atomic E-state index is 0.165. The fraction of sp³-hybridized carbons (Fsp3) is 0.300. The summed E-state index contributed by atoms with van der Waals surface area (Å²) in [6, 6.07) is 9.74. The van der Waals surface area contributed by atoms with Gasteiger partial charge in [0.1, 0.15) is 5.82 Å². The highest BCUT2D eigenvalue weighted by atomic mass is 35.5. The van der Waals surface area contributed by atoms with Crippen LogP contribution in [0.4, 0.5) is 10.6 Å². The van der Waals surface area contributed by atoms with E-state index in [2.05, 4.69) is 10.3 Å². The Balaban J connectivity index is 1.50. The van der Waals surface area contributed by atoms with E-state index in [4.69, 9.17) is 11.6 Å². The van der Waals surface area contributed by atoms with Gasteiger partial charge in [0.2, 0.25) is 0 Å². The molecule has 2 fully saturated rings. The van der Waals surface area contributed by atoms with Crippen molar-refractivity contribution in [3.63, 3.8) is 0 Å². The summed E-state index contributed by atoms with van der Waals surface area (Å²) in [5.74, 6) is -0.188. The average Bonchev–Trinajstić information content (AvgIpc) is 3.52. The molecule has 0 atom stereocenters. The molecule has 0 bridgehead atoms. The Morgan fingerprint density at radius 3 is 2.57 bits per heavy atom. The highest BCUT2D eigenvalue weighted by molar-refractivity contribution is 6.34. The molecule has 0 unspecified atom stereocenters. The summed E-state index contributed by atoms with van der Waals surface area (Å²) in [7, 11) is 0. The standard InChI is InChI=1S/C20H19ClN4O3/c21-16-5-2-1-4-15(16)19(27)25-11-3-10-24(20(25)28)17-9-6-13(12-22-17)18(26)23-14-7-8-14/h1-2,4-6,9,12,14H,3,7-8,10-11H2,(H,23,26). The zero-order chi connectivity index (χ0) is 19.7. The van der Waals surface area contributed by atoms with Crippen molar-refractivity contribution in [3.8, 4) is 0 Å².